The Kier molecular flexibility index (Phi) is 2.92. The molecule has 0 fully saturated rings. The molecule has 1 heterocycles. The van der Waals surface area contributed by atoms with Gasteiger partial charge in [0.15, 0.2) is 0 Å². The maximum absolute atomic E-state index is 12.6. The van der Waals surface area contributed by atoms with Crippen LogP contribution in [-0.2, 0) is 16.5 Å². The number of carbonyl (C=O) groups is 1. The third-order valence-electron chi connectivity index (χ3n) is 3.17. The fourth-order valence-electron chi connectivity index (χ4n) is 1.97. The van der Waals surface area contributed by atoms with E-state index in [-0.39, 0.29) is 11.5 Å². The molecule has 5 nitrogen and oxygen atoms in total. The highest BCUT2D eigenvalue weighted by molar-refractivity contribution is 5.87. The lowest BCUT2D eigenvalue weighted by Gasteiger charge is -2.24. The number of primary amides is 1. The molecule has 0 saturated carbocycles. The van der Waals surface area contributed by atoms with Gasteiger partial charge in [-0.25, -0.2) is 4.98 Å². The lowest BCUT2D eigenvalue weighted by molar-refractivity contribution is -0.137. The Hall–Kier alpha value is -2.25. The second kappa shape index (κ2) is 4.12. The number of hydrogen-bond donors (Lipinski definition) is 2. The quantitative estimate of drug-likeness (QED) is 0.883. The van der Waals surface area contributed by atoms with Crippen molar-refractivity contribution >= 4 is 22.9 Å². The number of anilines is 1. The molecule has 108 valence electrons. The van der Waals surface area contributed by atoms with E-state index in [1.54, 1.807) is 0 Å². The average Bonchev–Trinajstić information content (AvgIpc) is 2.62. The van der Waals surface area contributed by atoms with Crippen LogP contribution in [0.25, 0.3) is 11.0 Å². The summed E-state index contributed by atoms with van der Waals surface area (Å²) in [6.45, 7) is 3.04. The number of rotatable bonds is 2. The van der Waals surface area contributed by atoms with Crippen molar-refractivity contribution in [3.8, 4) is 0 Å². The normalized spacial score (nSPS) is 12.8. The van der Waals surface area contributed by atoms with Gasteiger partial charge in [-0.15, -0.1) is 0 Å². The molecule has 1 aromatic heterocycles. The molecule has 0 aliphatic rings. The van der Waals surface area contributed by atoms with Crippen LogP contribution in [0.4, 0.5) is 19.1 Å². The first-order chi connectivity index (χ1) is 9.05. The van der Waals surface area contributed by atoms with E-state index in [9.17, 15) is 18.0 Å². The molecule has 0 unspecified atom stereocenters. The van der Waals surface area contributed by atoms with Gasteiger partial charge in [-0.2, -0.15) is 13.2 Å². The zero-order valence-corrected chi connectivity index (χ0v) is 10.8. The van der Waals surface area contributed by atoms with Gasteiger partial charge >= 0.3 is 6.18 Å². The van der Waals surface area contributed by atoms with E-state index in [0.29, 0.717) is 5.52 Å². The number of carbonyl (C=O) groups excluding carboxylic acids is 1. The second-order valence-corrected chi connectivity index (χ2v) is 4.93. The van der Waals surface area contributed by atoms with Crippen molar-refractivity contribution in [2.24, 2.45) is 5.73 Å². The van der Waals surface area contributed by atoms with Crippen molar-refractivity contribution in [2.75, 3.05) is 5.73 Å². The largest absolute Gasteiger partial charge is 0.416 e. The topological polar surface area (TPSA) is 86.9 Å². The van der Waals surface area contributed by atoms with Crippen LogP contribution >= 0.6 is 0 Å². The summed E-state index contributed by atoms with van der Waals surface area (Å²) in [5.41, 5.74) is 9.35. The number of benzene rings is 1. The van der Waals surface area contributed by atoms with Gasteiger partial charge in [-0.1, -0.05) is 0 Å². The summed E-state index contributed by atoms with van der Waals surface area (Å²) < 4.78 is 39.3. The highest BCUT2D eigenvalue weighted by Gasteiger charge is 2.34. The molecule has 2 rings (SSSR count). The molecule has 0 atom stereocenters. The fourth-order valence-corrected chi connectivity index (χ4v) is 1.97. The van der Waals surface area contributed by atoms with Crippen molar-refractivity contribution in [1.29, 1.82) is 0 Å². The highest BCUT2D eigenvalue weighted by Crippen LogP contribution is 2.33. The lowest BCUT2D eigenvalue weighted by atomic mass is 10.0. The number of aromatic nitrogens is 2. The molecule has 0 saturated heterocycles. The van der Waals surface area contributed by atoms with Crippen molar-refractivity contribution in [3.05, 3.63) is 23.8 Å². The van der Waals surface area contributed by atoms with Crippen LogP contribution in [0.2, 0.25) is 0 Å². The van der Waals surface area contributed by atoms with E-state index in [4.69, 9.17) is 11.5 Å². The van der Waals surface area contributed by atoms with Gasteiger partial charge in [-0.3, -0.25) is 9.36 Å². The molecule has 1 aromatic carbocycles. The van der Waals surface area contributed by atoms with Gasteiger partial charge in [0.25, 0.3) is 0 Å². The van der Waals surface area contributed by atoms with Crippen LogP contribution in [0.1, 0.15) is 19.4 Å². The summed E-state index contributed by atoms with van der Waals surface area (Å²) in [7, 11) is 0. The number of nitrogen functional groups attached to an aromatic ring is 1. The van der Waals surface area contributed by atoms with Crippen LogP contribution in [-0.4, -0.2) is 15.5 Å². The van der Waals surface area contributed by atoms with Gasteiger partial charge in [-0.05, 0) is 32.0 Å². The van der Waals surface area contributed by atoms with Gasteiger partial charge < -0.3 is 11.5 Å². The number of halogens is 3. The number of amides is 1. The second-order valence-electron chi connectivity index (χ2n) is 4.93. The fraction of sp³-hybridized carbons (Fsp3) is 0.333. The summed E-state index contributed by atoms with van der Waals surface area (Å²) in [6.07, 6.45) is -4.47. The Morgan fingerprint density at radius 2 is 1.90 bits per heavy atom. The average molecular weight is 286 g/mol. The number of imidazole rings is 1. The van der Waals surface area contributed by atoms with E-state index in [2.05, 4.69) is 4.98 Å². The Balaban J connectivity index is 2.71. The van der Waals surface area contributed by atoms with Crippen LogP contribution in [0.3, 0.4) is 0 Å². The van der Waals surface area contributed by atoms with Crippen molar-refractivity contribution < 1.29 is 18.0 Å². The maximum Gasteiger partial charge on any atom is 0.416 e. The molecule has 8 heteroatoms. The lowest BCUT2D eigenvalue weighted by Crippen LogP contribution is -2.41. The van der Waals surface area contributed by atoms with E-state index < -0.39 is 23.2 Å². The van der Waals surface area contributed by atoms with Crippen LogP contribution < -0.4 is 11.5 Å². The molecule has 0 bridgehead atoms. The maximum atomic E-state index is 12.6. The zero-order valence-electron chi connectivity index (χ0n) is 10.8. The van der Waals surface area contributed by atoms with E-state index >= 15 is 0 Å². The summed E-state index contributed by atoms with van der Waals surface area (Å²) >= 11 is 0. The zero-order chi connectivity index (χ0) is 15.3. The summed E-state index contributed by atoms with van der Waals surface area (Å²) in [6, 6.07) is 3.03. The molecule has 4 N–H and O–H groups in total. The summed E-state index contributed by atoms with van der Waals surface area (Å²) in [5.74, 6) is -0.730. The molecule has 20 heavy (non-hydrogen) atoms. The third-order valence-corrected chi connectivity index (χ3v) is 3.17. The molecule has 1 amide bonds. The predicted octanol–water partition coefficient (Wildman–Crippen LogP) is 1.86. The Bertz CT molecular complexity index is 688. The molecule has 0 aliphatic heterocycles. The smallest absolute Gasteiger partial charge is 0.369 e. The van der Waals surface area contributed by atoms with Gasteiger partial charge in [0.05, 0.1) is 16.6 Å². The number of fused-ring (bicyclic) bond motifs is 1. The molecule has 0 spiro atoms. The minimum Gasteiger partial charge on any atom is -0.369 e. The molecular weight excluding hydrogens is 273 g/mol. The number of alkyl halides is 3. The molecule has 2 aromatic rings. The molecule has 0 radical (unpaired) electrons. The van der Waals surface area contributed by atoms with Gasteiger partial charge in [0.1, 0.15) is 5.54 Å². The van der Waals surface area contributed by atoms with Crippen LogP contribution in [0.15, 0.2) is 18.2 Å². The third kappa shape index (κ3) is 2.06. The first-order valence-corrected chi connectivity index (χ1v) is 5.70. The predicted molar refractivity (Wildman–Crippen MR) is 67.7 cm³/mol. The first kappa shape index (κ1) is 14.2. The Labute approximate surface area is 112 Å². The number of hydrogen-bond acceptors (Lipinski definition) is 3. The van der Waals surface area contributed by atoms with E-state index in [1.807, 2.05) is 0 Å². The van der Waals surface area contributed by atoms with E-state index in [0.717, 1.165) is 12.1 Å². The number of nitrogens with zero attached hydrogens (tertiary/aromatic N) is 2. The van der Waals surface area contributed by atoms with Gasteiger partial charge in [0.2, 0.25) is 11.9 Å². The van der Waals surface area contributed by atoms with Gasteiger partial charge in [0, 0.05) is 0 Å². The van der Waals surface area contributed by atoms with Crippen molar-refractivity contribution in [1.82, 2.24) is 9.55 Å². The van der Waals surface area contributed by atoms with Crippen molar-refractivity contribution in [2.45, 2.75) is 25.6 Å². The Morgan fingerprint density at radius 1 is 1.30 bits per heavy atom. The van der Waals surface area contributed by atoms with Crippen LogP contribution in [0.5, 0.6) is 0 Å². The molecular formula is C12H13F3N4O. The number of nitrogens with two attached hydrogens (primary N) is 2. The SMILES string of the molecule is CC(C)(C(N)=O)n1c(N)nc2cc(C(F)(F)F)ccc21. The van der Waals surface area contributed by atoms with Crippen molar-refractivity contribution in [3.63, 3.8) is 0 Å². The summed E-state index contributed by atoms with van der Waals surface area (Å²) in [4.78, 5) is 15.3. The summed E-state index contributed by atoms with van der Waals surface area (Å²) in [5, 5.41) is 0. The first-order valence-electron chi connectivity index (χ1n) is 5.70. The minimum absolute atomic E-state index is 0.0617. The minimum atomic E-state index is -4.47. The highest BCUT2D eigenvalue weighted by atomic mass is 19.4. The van der Waals surface area contributed by atoms with E-state index in [1.165, 1.54) is 24.5 Å². The standard InChI is InChI=1S/C12H13F3N4O/c1-11(2,9(16)20)19-8-4-3-6(12(13,14)15)5-7(8)18-10(19)17/h3-5H,1-2H3,(H2,16,20)(H2,17,18). The Morgan fingerprint density at radius 3 is 2.40 bits per heavy atom. The molecule has 0 aliphatic carbocycles. The monoisotopic (exact) mass is 286 g/mol. The van der Waals surface area contributed by atoms with Crippen LogP contribution in [0, 0.1) is 0 Å².